The fraction of sp³-hybridized carbons (Fsp3) is 0.0909. The predicted octanol–water partition coefficient (Wildman–Crippen LogP) is 4.94. The van der Waals surface area contributed by atoms with Gasteiger partial charge in [-0.1, -0.05) is 49.1 Å². The highest BCUT2D eigenvalue weighted by Crippen LogP contribution is 2.36. The highest BCUT2D eigenvalue weighted by Gasteiger charge is 2.11. The van der Waals surface area contributed by atoms with Crippen molar-refractivity contribution in [2.75, 3.05) is 13.7 Å². The summed E-state index contributed by atoms with van der Waals surface area (Å²) in [6.45, 7) is 4.00. The van der Waals surface area contributed by atoms with E-state index in [-0.39, 0.29) is 5.91 Å². The Labute approximate surface area is 171 Å². The third kappa shape index (κ3) is 4.40. The maximum Gasteiger partial charge on any atom is 0.271 e. The average molecular weight is 439 g/mol. The van der Waals surface area contributed by atoms with Crippen LogP contribution in [0.15, 0.2) is 76.8 Å². The number of hydrogen-bond donors (Lipinski definition) is 1. The topological polar surface area (TPSA) is 59.9 Å². The monoisotopic (exact) mass is 438 g/mol. The minimum atomic E-state index is -0.273. The Kier molecular flexibility index (Phi) is 6.45. The first-order valence-electron chi connectivity index (χ1n) is 8.56. The van der Waals surface area contributed by atoms with Crippen LogP contribution in [0, 0.1) is 0 Å². The molecule has 0 heterocycles. The van der Waals surface area contributed by atoms with Crippen LogP contribution in [0.1, 0.15) is 15.9 Å². The molecule has 0 fully saturated rings. The lowest BCUT2D eigenvalue weighted by molar-refractivity contribution is 0.0957. The molecular formula is C22H19BrN2O3. The molecule has 0 bridgehead atoms. The molecule has 0 aliphatic heterocycles. The second-order valence-electron chi connectivity index (χ2n) is 5.86. The predicted molar refractivity (Wildman–Crippen MR) is 115 cm³/mol. The fourth-order valence-corrected chi connectivity index (χ4v) is 3.32. The standard InChI is InChI=1S/C22H19BrN2O3/c1-3-11-28-21-19(23)12-15(13-20(21)27-2)14-24-25-22(26)18-10-6-8-16-7-4-5-9-17(16)18/h3-10,12-14H,1,11H2,2H3,(H,25,26). The van der Waals surface area contributed by atoms with Crippen molar-refractivity contribution in [2.24, 2.45) is 5.10 Å². The van der Waals surface area contributed by atoms with Crippen LogP contribution >= 0.6 is 15.9 Å². The molecule has 1 amide bonds. The lowest BCUT2D eigenvalue weighted by Crippen LogP contribution is -2.17. The van der Waals surface area contributed by atoms with Crippen molar-refractivity contribution in [3.05, 3.63) is 82.9 Å². The summed E-state index contributed by atoms with van der Waals surface area (Å²) in [6, 6.07) is 16.9. The molecule has 142 valence electrons. The van der Waals surface area contributed by atoms with E-state index in [4.69, 9.17) is 9.47 Å². The third-order valence-electron chi connectivity index (χ3n) is 4.01. The van der Waals surface area contributed by atoms with Crippen molar-refractivity contribution in [1.82, 2.24) is 5.43 Å². The molecule has 0 saturated heterocycles. The van der Waals surface area contributed by atoms with Crippen LogP contribution in [0.3, 0.4) is 0 Å². The van der Waals surface area contributed by atoms with Gasteiger partial charge in [0, 0.05) is 5.56 Å². The summed E-state index contributed by atoms with van der Waals surface area (Å²) < 4.78 is 11.7. The molecule has 0 radical (unpaired) electrons. The first-order valence-corrected chi connectivity index (χ1v) is 9.35. The van der Waals surface area contributed by atoms with Crippen molar-refractivity contribution in [3.8, 4) is 11.5 Å². The van der Waals surface area contributed by atoms with Gasteiger partial charge in [-0.25, -0.2) is 5.43 Å². The second kappa shape index (κ2) is 9.19. The number of nitrogens with one attached hydrogen (secondary N) is 1. The molecule has 0 unspecified atom stereocenters. The molecule has 1 N–H and O–H groups in total. The van der Waals surface area contributed by atoms with Gasteiger partial charge < -0.3 is 9.47 Å². The van der Waals surface area contributed by atoms with E-state index in [0.717, 1.165) is 20.8 Å². The number of hydrogen-bond acceptors (Lipinski definition) is 4. The number of amides is 1. The maximum absolute atomic E-state index is 12.5. The van der Waals surface area contributed by atoms with E-state index in [1.54, 1.807) is 31.5 Å². The van der Waals surface area contributed by atoms with Gasteiger partial charge in [0.25, 0.3) is 5.91 Å². The van der Waals surface area contributed by atoms with Gasteiger partial charge >= 0.3 is 0 Å². The minimum absolute atomic E-state index is 0.273. The van der Waals surface area contributed by atoms with E-state index in [1.807, 2.05) is 42.5 Å². The molecule has 3 aromatic carbocycles. The van der Waals surface area contributed by atoms with Crippen molar-refractivity contribution < 1.29 is 14.3 Å². The number of nitrogens with zero attached hydrogens (tertiary/aromatic N) is 1. The van der Waals surface area contributed by atoms with Gasteiger partial charge in [0.15, 0.2) is 11.5 Å². The molecule has 0 saturated carbocycles. The molecule has 3 rings (SSSR count). The summed E-state index contributed by atoms with van der Waals surface area (Å²) in [5.74, 6) is 0.863. The maximum atomic E-state index is 12.5. The number of benzene rings is 3. The summed E-state index contributed by atoms with van der Waals surface area (Å²) >= 11 is 3.47. The van der Waals surface area contributed by atoms with Gasteiger partial charge in [-0.15, -0.1) is 0 Å². The van der Waals surface area contributed by atoms with Crippen LogP contribution in [-0.4, -0.2) is 25.8 Å². The summed E-state index contributed by atoms with van der Waals surface area (Å²) in [7, 11) is 1.56. The Hall–Kier alpha value is -3.12. The van der Waals surface area contributed by atoms with E-state index in [9.17, 15) is 4.79 Å². The van der Waals surface area contributed by atoms with Crippen LogP contribution in [0.25, 0.3) is 10.8 Å². The zero-order chi connectivity index (χ0) is 19.9. The molecule has 5 nitrogen and oxygen atoms in total. The van der Waals surface area contributed by atoms with Gasteiger partial charge in [0.2, 0.25) is 0 Å². The Balaban J connectivity index is 1.77. The normalized spacial score (nSPS) is 10.8. The highest BCUT2D eigenvalue weighted by molar-refractivity contribution is 9.10. The highest BCUT2D eigenvalue weighted by atomic mass is 79.9. The molecule has 28 heavy (non-hydrogen) atoms. The van der Waals surface area contributed by atoms with Crippen molar-refractivity contribution in [3.63, 3.8) is 0 Å². The van der Waals surface area contributed by atoms with Crippen LogP contribution in [0.4, 0.5) is 0 Å². The van der Waals surface area contributed by atoms with Crippen LogP contribution < -0.4 is 14.9 Å². The Morgan fingerprint density at radius 3 is 2.79 bits per heavy atom. The Morgan fingerprint density at radius 2 is 2.00 bits per heavy atom. The average Bonchev–Trinajstić information content (AvgIpc) is 2.72. The largest absolute Gasteiger partial charge is 0.493 e. The second-order valence-corrected chi connectivity index (χ2v) is 6.71. The Bertz CT molecular complexity index is 1040. The quantitative estimate of drug-likeness (QED) is 0.322. The first-order chi connectivity index (χ1) is 13.6. The fourth-order valence-electron chi connectivity index (χ4n) is 2.75. The van der Waals surface area contributed by atoms with E-state index >= 15 is 0 Å². The van der Waals surface area contributed by atoms with Crippen molar-refractivity contribution in [1.29, 1.82) is 0 Å². The van der Waals surface area contributed by atoms with Gasteiger partial charge in [-0.2, -0.15) is 5.10 Å². The van der Waals surface area contributed by atoms with E-state index in [0.29, 0.717) is 23.7 Å². The van der Waals surface area contributed by atoms with Gasteiger partial charge in [0.05, 0.1) is 17.8 Å². The third-order valence-corrected chi connectivity index (χ3v) is 4.60. The molecule has 6 heteroatoms. The summed E-state index contributed by atoms with van der Waals surface area (Å²) in [4.78, 5) is 12.5. The van der Waals surface area contributed by atoms with E-state index < -0.39 is 0 Å². The van der Waals surface area contributed by atoms with Gasteiger partial charge in [-0.05, 0) is 50.5 Å². The molecular weight excluding hydrogens is 420 g/mol. The van der Waals surface area contributed by atoms with E-state index in [2.05, 4.69) is 33.0 Å². The first kappa shape index (κ1) is 19.6. The number of halogens is 1. The lowest BCUT2D eigenvalue weighted by atomic mass is 10.0. The van der Waals surface area contributed by atoms with Gasteiger partial charge in [-0.3, -0.25) is 4.79 Å². The number of carbonyl (C=O) groups excluding carboxylic acids is 1. The number of ether oxygens (including phenoxy) is 2. The molecule has 0 aliphatic rings. The minimum Gasteiger partial charge on any atom is -0.493 e. The number of rotatable bonds is 7. The molecule has 0 aliphatic carbocycles. The zero-order valence-electron chi connectivity index (χ0n) is 15.3. The zero-order valence-corrected chi connectivity index (χ0v) is 16.9. The lowest BCUT2D eigenvalue weighted by Gasteiger charge is -2.12. The van der Waals surface area contributed by atoms with Crippen molar-refractivity contribution >= 4 is 38.8 Å². The number of carbonyl (C=O) groups is 1. The smallest absolute Gasteiger partial charge is 0.271 e. The molecule has 0 atom stereocenters. The van der Waals surface area contributed by atoms with Crippen LogP contribution in [0.5, 0.6) is 11.5 Å². The molecule has 0 aromatic heterocycles. The summed E-state index contributed by atoms with van der Waals surface area (Å²) in [5.41, 5.74) is 3.89. The number of hydrazone groups is 1. The molecule has 3 aromatic rings. The van der Waals surface area contributed by atoms with Crippen LogP contribution in [-0.2, 0) is 0 Å². The molecule has 0 spiro atoms. The summed E-state index contributed by atoms with van der Waals surface area (Å²) in [6.07, 6.45) is 3.21. The number of methoxy groups -OCH3 is 1. The van der Waals surface area contributed by atoms with Crippen molar-refractivity contribution in [2.45, 2.75) is 0 Å². The number of fused-ring (bicyclic) bond motifs is 1. The summed E-state index contributed by atoms with van der Waals surface area (Å²) in [5, 5.41) is 5.96. The van der Waals surface area contributed by atoms with Gasteiger partial charge in [0.1, 0.15) is 6.61 Å². The Morgan fingerprint density at radius 1 is 1.21 bits per heavy atom. The van der Waals surface area contributed by atoms with E-state index in [1.165, 1.54) is 0 Å². The van der Waals surface area contributed by atoms with Crippen LogP contribution in [0.2, 0.25) is 0 Å². The SMILES string of the molecule is C=CCOc1c(Br)cc(C=NNC(=O)c2cccc3ccccc23)cc1OC.